The summed E-state index contributed by atoms with van der Waals surface area (Å²) < 4.78 is 0. The van der Waals surface area contributed by atoms with Gasteiger partial charge in [0.05, 0.1) is 24.1 Å². The third kappa shape index (κ3) is 5.71. The molecule has 2 amide bonds. The Balaban J connectivity index is 2.56. The third-order valence-electron chi connectivity index (χ3n) is 2.71. The minimum atomic E-state index is -0.219. The van der Waals surface area contributed by atoms with Gasteiger partial charge in [0.15, 0.2) is 0 Å². The number of hydrogen-bond acceptors (Lipinski definition) is 4. The summed E-state index contributed by atoms with van der Waals surface area (Å²) in [7, 11) is 0. The summed E-state index contributed by atoms with van der Waals surface area (Å²) in [5.74, 6) is 0.136. The zero-order valence-electron chi connectivity index (χ0n) is 12.1. The molecule has 0 fully saturated rings. The van der Waals surface area contributed by atoms with Crippen LogP contribution in [0.3, 0.4) is 0 Å². The monoisotopic (exact) mass is 298 g/mol. The van der Waals surface area contributed by atoms with Gasteiger partial charge in [-0.2, -0.15) is 0 Å². The van der Waals surface area contributed by atoms with Crippen molar-refractivity contribution in [2.75, 3.05) is 6.61 Å². The number of nitrogens with one attached hydrogen (secondary N) is 2. The van der Waals surface area contributed by atoms with E-state index in [-0.39, 0.29) is 24.5 Å². The predicted octanol–water partition coefficient (Wildman–Crippen LogP) is 1.52. The van der Waals surface area contributed by atoms with Crippen LogP contribution in [0.15, 0.2) is 12.1 Å². The van der Waals surface area contributed by atoms with Crippen molar-refractivity contribution in [3.63, 3.8) is 0 Å². The van der Waals surface area contributed by atoms with Gasteiger partial charge in [-0.15, -0.1) is 11.3 Å². The van der Waals surface area contributed by atoms with Crippen LogP contribution in [0.4, 0.5) is 0 Å². The molecule has 0 bridgehead atoms. The van der Waals surface area contributed by atoms with E-state index in [1.807, 2.05) is 19.9 Å². The van der Waals surface area contributed by atoms with Gasteiger partial charge in [0.1, 0.15) is 0 Å². The zero-order chi connectivity index (χ0) is 15.1. The van der Waals surface area contributed by atoms with Crippen molar-refractivity contribution in [3.05, 3.63) is 21.9 Å². The molecule has 0 aliphatic carbocycles. The fraction of sp³-hybridized carbons (Fsp3) is 0.571. The zero-order valence-corrected chi connectivity index (χ0v) is 12.9. The van der Waals surface area contributed by atoms with Gasteiger partial charge < -0.3 is 15.7 Å². The summed E-state index contributed by atoms with van der Waals surface area (Å²) in [6.45, 7) is 5.92. The Bertz CT molecular complexity index is 457. The van der Waals surface area contributed by atoms with Crippen LogP contribution < -0.4 is 10.6 Å². The molecule has 0 aromatic carbocycles. The van der Waals surface area contributed by atoms with E-state index in [0.717, 1.165) is 11.3 Å². The lowest BCUT2D eigenvalue weighted by Crippen LogP contribution is -2.38. The number of thiophene rings is 1. The third-order valence-corrected chi connectivity index (χ3v) is 3.79. The highest BCUT2D eigenvalue weighted by Gasteiger charge is 2.15. The van der Waals surface area contributed by atoms with Crippen molar-refractivity contribution in [1.82, 2.24) is 10.6 Å². The van der Waals surface area contributed by atoms with E-state index in [4.69, 9.17) is 0 Å². The standard InChI is InChI=1S/C14H22N2O3S/c1-9(2)6-11(8-17)16-14(19)13-5-4-12(20-13)7-15-10(3)18/h4-5,9,11,17H,6-8H2,1-3H3,(H,15,18)(H,16,19). The van der Waals surface area contributed by atoms with Crippen molar-refractivity contribution in [3.8, 4) is 0 Å². The minimum Gasteiger partial charge on any atom is -0.394 e. The van der Waals surface area contributed by atoms with Gasteiger partial charge >= 0.3 is 0 Å². The molecule has 0 aliphatic heterocycles. The maximum Gasteiger partial charge on any atom is 0.261 e. The van der Waals surface area contributed by atoms with E-state index < -0.39 is 0 Å². The van der Waals surface area contributed by atoms with E-state index in [2.05, 4.69) is 10.6 Å². The first-order chi connectivity index (χ1) is 9.42. The number of aliphatic hydroxyl groups is 1. The highest BCUT2D eigenvalue weighted by atomic mass is 32.1. The molecule has 1 heterocycles. The summed E-state index contributed by atoms with van der Waals surface area (Å²) in [5, 5.41) is 14.8. The van der Waals surface area contributed by atoms with E-state index in [9.17, 15) is 14.7 Å². The quantitative estimate of drug-likeness (QED) is 0.714. The molecule has 1 atom stereocenters. The molecular weight excluding hydrogens is 276 g/mol. The van der Waals surface area contributed by atoms with Gasteiger partial charge in [0.25, 0.3) is 5.91 Å². The molecule has 112 valence electrons. The molecule has 0 radical (unpaired) electrons. The second-order valence-electron chi connectivity index (χ2n) is 5.16. The molecule has 1 unspecified atom stereocenters. The summed E-state index contributed by atoms with van der Waals surface area (Å²) in [4.78, 5) is 24.4. The average Bonchev–Trinajstić information content (AvgIpc) is 2.83. The molecule has 0 saturated carbocycles. The number of amides is 2. The van der Waals surface area contributed by atoms with Crippen molar-refractivity contribution in [2.45, 2.75) is 39.8 Å². The molecule has 1 aromatic heterocycles. The smallest absolute Gasteiger partial charge is 0.261 e. The van der Waals surface area contributed by atoms with Gasteiger partial charge in [-0.25, -0.2) is 0 Å². The van der Waals surface area contributed by atoms with E-state index in [1.54, 1.807) is 6.07 Å². The normalized spacial score (nSPS) is 12.2. The molecule has 3 N–H and O–H groups in total. The predicted molar refractivity (Wildman–Crippen MR) is 79.6 cm³/mol. The minimum absolute atomic E-state index is 0.0615. The number of hydrogen-bond donors (Lipinski definition) is 3. The van der Waals surface area contributed by atoms with Crippen LogP contribution in [-0.2, 0) is 11.3 Å². The Morgan fingerprint density at radius 2 is 2.05 bits per heavy atom. The fourth-order valence-corrected chi connectivity index (χ4v) is 2.66. The lowest BCUT2D eigenvalue weighted by Gasteiger charge is -2.17. The Morgan fingerprint density at radius 1 is 1.35 bits per heavy atom. The number of aliphatic hydroxyl groups excluding tert-OH is 1. The van der Waals surface area contributed by atoms with Gasteiger partial charge in [-0.3, -0.25) is 9.59 Å². The SMILES string of the molecule is CC(=O)NCc1ccc(C(=O)NC(CO)CC(C)C)s1. The van der Waals surface area contributed by atoms with Crippen LogP contribution in [0, 0.1) is 5.92 Å². The average molecular weight is 298 g/mol. The van der Waals surface area contributed by atoms with E-state index in [1.165, 1.54) is 18.3 Å². The first kappa shape index (κ1) is 16.7. The van der Waals surface area contributed by atoms with Gasteiger partial charge in [-0.05, 0) is 24.5 Å². The number of carbonyl (C=O) groups is 2. The van der Waals surface area contributed by atoms with Crippen molar-refractivity contribution < 1.29 is 14.7 Å². The molecule has 20 heavy (non-hydrogen) atoms. The summed E-state index contributed by atoms with van der Waals surface area (Å²) in [5.41, 5.74) is 0. The van der Waals surface area contributed by atoms with Gasteiger partial charge in [0, 0.05) is 11.8 Å². The summed E-state index contributed by atoms with van der Waals surface area (Å²) in [6.07, 6.45) is 0.742. The molecule has 6 heteroatoms. The Kier molecular flexibility index (Phi) is 6.67. The molecule has 1 aromatic rings. The van der Waals surface area contributed by atoms with E-state index >= 15 is 0 Å². The van der Waals surface area contributed by atoms with Crippen LogP contribution in [0.5, 0.6) is 0 Å². The topological polar surface area (TPSA) is 78.4 Å². The molecular formula is C14H22N2O3S. The molecule has 0 saturated heterocycles. The molecule has 1 rings (SSSR count). The first-order valence-electron chi connectivity index (χ1n) is 6.67. The van der Waals surface area contributed by atoms with Crippen molar-refractivity contribution >= 4 is 23.2 Å². The van der Waals surface area contributed by atoms with Crippen LogP contribution in [0.25, 0.3) is 0 Å². The first-order valence-corrected chi connectivity index (χ1v) is 7.49. The molecule has 5 nitrogen and oxygen atoms in total. The van der Waals surface area contributed by atoms with Crippen molar-refractivity contribution in [2.24, 2.45) is 5.92 Å². The van der Waals surface area contributed by atoms with E-state index in [0.29, 0.717) is 17.3 Å². The summed E-state index contributed by atoms with van der Waals surface area (Å²) in [6, 6.07) is 3.34. The van der Waals surface area contributed by atoms with Gasteiger partial charge in [0.2, 0.25) is 5.91 Å². The van der Waals surface area contributed by atoms with Crippen LogP contribution in [-0.4, -0.2) is 29.6 Å². The summed E-state index contributed by atoms with van der Waals surface area (Å²) >= 11 is 1.35. The lowest BCUT2D eigenvalue weighted by molar-refractivity contribution is -0.119. The maximum absolute atomic E-state index is 12.0. The Hall–Kier alpha value is -1.40. The number of rotatable bonds is 7. The Morgan fingerprint density at radius 3 is 2.60 bits per heavy atom. The number of carbonyl (C=O) groups excluding carboxylic acids is 2. The highest BCUT2D eigenvalue weighted by Crippen LogP contribution is 2.17. The largest absolute Gasteiger partial charge is 0.394 e. The fourth-order valence-electron chi connectivity index (χ4n) is 1.81. The lowest BCUT2D eigenvalue weighted by atomic mass is 10.0. The highest BCUT2D eigenvalue weighted by molar-refractivity contribution is 7.14. The van der Waals surface area contributed by atoms with Gasteiger partial charge in [-0.1, -0.05) is 13.8 Å². The van der Waals surface area contributed by atoms with Crippen molar-refractivity contribution in [1.29, 1.82) is 0 Å². The second-order valence-corrected chi connectivity index (χ2v) is 6.33. The van der Waals surface area contributed by atoms with Crippen LogP contribution >= 0.6 is 11.3 Å². The Labute approximate surface area is 123 Å². The maximum atomic E-state index is 12.0. The second kappa shape index (κ2) is 8.01. The van der Waals surface area contributed by atoms with Crippen LogP contribution in [0.2, 0.25) is 0 Å². The molecule has 0 aliphatic rings. The molecule has 0 spiro atoms. The van der Waals surface area contributed by atoms with Crippen LogP contribution in [0.1, 0.15) is 41.7 Å².